The second kappa shape index (κ2) is 24.7. The molecule has 2 amide bonds. The van der Waals surface area contributed by atoms with E-state index in [2.05, 4.69) is 20.2 Å². The number of esters is 1. The van der Waals surface area contributed by atoms with Crippen molar-refractivity contribution in [2.45, 2.75) is 29.7 Å². The predicted molar refractivity (Wildman–Crippen MR) is 147 cm³/mol. The first-order valence-electron chi connectivity index (χ1n) is 10.5. The number of ether oxygens (including phenoxy) is 1. The van der Waals surface area contributed by atoms with Gasteiger partial charge in [0.2, 0.25) is 9.67 Å². The first kappa shape index (κ1) is 37.5. The molecule has 0 aliphatic carbocycles. The van der Waals surface area contributed by atoms with Crippen LogP contribution in [0.5, 0.6) is 0 Å². The molecule has 0 saturated carbocycles. The molecule has 0 heterocycles. The molecule has 0 bridgehead atoms. The maximum Gasteiger partial charge on any atom is 0.344 e. The summed E-state index contributed by atoms with van der Waals surface area (Å²) >= 11 is 20.0. The number of alkyl halides is 4. The fourth-order valence-electron chi connectivity index (χ4n) is 1.93. The van der Waals surface area contributed by atoms with Crippen molar-refractivity contribution in [1.82, 2.24) is 10.6 Å². The quantitative estimate of drug-likeness (QED) is 0.126. The summed E-state index contributed by atoms with van der Waals surface area (Å²) in [5.74, 6) is -2.86. The summed E-state index contributed by atoms with van der Waals surface area (Å²) in [7, 11) is 0. The van der Waals surface area contributed by atoms with Crippen LogP contribution in [0.2, 0.25) is 0 Å². The second-order valence-corrected chi connectivity index (χ2v) is 8.67. The molecule has 0 saturated heterocycles. The fraction of sp³-hybridized carbons (Fsp3) is 0.250. The molecule has 2 aromatic carbocycles. The van der Waals surface area contributed by atoms with Gasteiger partial charge in [-0.1, -0.05) is 107 Å². The van der Waals surface area contributed by atoms with Crippen molar-refractivity contribution in [2.75, 3.05) is 6.61 Å². The number of hydrogen-bond acceptors (Lipinski definition) is 6. The minimum absolute atomic E-state index is 0.377. The lowest BCUT2D eigenvalue weighted by molar-refractivity contribution is -0.146. The van der Waals surface area contributed by atoms with Crippen LogP contribution in [-0.2, 0) is 37.0 Å². The van der Waals surface area contributed by atoms with Crippen LogP contribution in [0.25, 0.3) is 5.53 Å². The van der Waals surface area contributed by atoms with E-state index in [1.807, 2.05) is 60.7 Å². The summed E-state index contributed by atoms with van der Waals surface area (Å²) in [5.41, 5.74) is 10.0. The number of aliphatic carboxylic acids is 1. The number of benzene rings is 2. The van der Waals surface area contributed by atoms with E-state index in [1.54, 1.807) is 6.07 Å². The Morgan fingerprint density at radius 3 is 1.72 bits per heavy atom. The standard InChI is InChI=1S/C11H11Cl2NO3.C9H9N3O.C2H2Cl2O2.C2H3N/c12-10(13)11(16)17-7-9(15)14-6-8-4-2-1-3-5-8;10-12-7-9(13)11-6-8-4-2-1-3-5-8;3-1(4)2(5)6;1-2-3/h1-5,10H,6-7H2,(H,14,15);1-5,7H,6H2,(H,11,13);1H,(H,5,6);1H3. The van der Waals surface area contributed by atoms with Gasteiger partial charge in [-0.05, 0) is 11.1 Å². The van der Waals surface area contributed by atoms with Gasteiger partial charge in [-0.2, -0.15) is 10.1 Å². The van der Waals surface area contributed by atoms with Crippen LogP contribution in [0, 0.1) is 11.3 Å². The smallest absolute Gasteiger partial charge is 0.344 e. The average Bonchev–Trinajstić information content (AvgIpc) is 2.91. The van der Waals surface area contributed by atoms with E-state index >= 15 is 0 Å². The van der Waals surface area contributed by atoms with E-state index in [0.717, 1.165) is 17.3 Å². The zero-order valence-corrected chi connectivity index (χ0v) is 23.5. The van der Waals surface area contributed by atoms with Gasteiger partial charge in [-0.3, -0.25) is 9.59 Å². The maximum atomic E-state index is 11.3. The maximum absolute atomic E-state index is 11.3. The number of carboxylic acid groups (broad SMARTS) is 1. The van der Waals surface area contributed by atoms with Crippen LogP contribution in [0.15, 0.2) is 60.7 Å². The van der Waals surface area contributed by atoms with E-state index in [-0.39, 0.29) is 6.61 Å². The number of carbonyl (C=O) groups excluding carboxylic acids is 3. The molecule has 0 aliphatic heterocycles. The number of halogens is 4. The largest absolute Gasteiger partial charge is 0.479 e. The van der Waals surface area contributed by atoms with E-state index in [9.17, 15) is 19.2 Å². The Bertz CT molecular complexity index is 1090. The van der Waals surface area contributed by atoms with Crippen LogP contribution in [-0.4, -0.2) is 56.1 Å². The van der Waals surface area contributed by atoms with Gasteiger partial charge >= 0.3 is 24.1 Å². The fourth-order valence-corrected chi connectivity index (χ4v) is 2.06. The van der Waals surface area contributed by atoms with E-state index in [0.29, 0.717) is 13.1 Å². The Morgan fingerprint density at radius 1 is 0.949 bits per heavy atom. The lowest BCUT2D eigenvalue weighted by Gasteiger charge is -2.06. The van der Waals surface area contributed by atoms with Gasteiger partial charge in [0, 0.05) is 20.0 Å². The van der Waals surface area contributed by atoms with Crippen LogP contribution >= 0.6 is 46.4 Å². The summed E-state index contributed by atoms with van der Waals surface area (Å²) in [6.45, 7) is 1.86. The van der Waals surface area contributed by atoms with Gasteiger partial charge in [0.05, 0.1) is 6.07 Å². The molecule has 15 heteroatoms. The third kappa shape index (κ3) is 24.4. The number of amides is 2. The van der Waals surface area contributed by atoms with Gasteiger partial charge < -0.3 is 26.0 Å². The zero-order chi connectivity index (χ0) is 30.1. The summed E-state index contributed by atoms with van der Waals surface area (Å²) in [4.78, 5) is 42.4. The minimum Gasteiger partial charge on any atom is -0.479 e. The third-order valence-electron chi connectivity index (χ3n) is 3.53. The highest BCUT2D eigenvalue weighted by atomic mass is 35.5. The van der Waals surface area contributed by atoms with Crippen LogP contribution in [0.1, 0.15) is 18.1 Å². The normalized spacial score (nSPS) is 8.87. The number of hydrogen-bond donors (Lipinski definition) is 3. The molecule has 0 spiro atoms. The molecule has 210 valence electrons. The van der Waals surface area contributed by atoms with Gasteiger partial charge in [0.15, 0.2) is 6.61 Å². The molecule has 0 aliphatic rings. The molecule has 0 unspecified atom stereocenters. The molecule has 0 aromatic heterocycles. The first-order chi connectivity index (χ1) is 18.5. The van der Waals surface area contributed by atoms with Crippen LogP contribution < -0.4 is 10.6 Å². The van der Waals surface area contributed by atoms with Crippen molar-refractivity contribution in [3.8, 4) is 6.07 Å². The SMILES string of the molecule is CC#N.O=C(COC(=O)C(Cl)Cl)NCc1ccccc1.O=C(O)C(Cl)Cl.[N-]=[N+]=CC(=O)NCc1ccccc1. The van der Waals surface area contributed by atoms with E-state index in [4.69, 9.17) is 62.3 Å². The number of carbonyl (C=O) groups is 4. The van der Waals surface area contributed by atoms with Gasteiger partial charge in [-0.15, -0.1) is 0 Å². The number of nitriles is 1. The van der Waals surface area contributed by atoms with Gasteiger partial charge in [-0.25, -0.2) is 9.59 Å². The van der Waals surface area contributed by atoms with Crippen LogP contribution in [0.4, 0.5) is 0 Å². The average molecular weight is 621 g/mol. The van der Waals surface area contributed by atoms with Crippen molar-refractivity contribution in [3.05, 3.63) is 77.3 Å². The Morgan fingerprint density at radius 2 is 1.36 bits per heavy atom. The monoisotopic (exact) mass is 619 g/mol. The summed E-state index contributed by atoms with van der Waals surface area (Å²) in [6, 6.07) is 20.6. The molecule has 3 N–H and O–H groups in total. The number of rotatable bonds is 9. The second-order valence-electron chi connectivity index (χ2n) is 6.48. The highest BCUT2D eigenvalue weighted by Gasteiger charge is 2.14. The number of carboxylic acids is 1. The summed E-state index contributed by atoms with van der Waals surface area (Å²) in [6.07, 6.45) is 0.822. The third-order valence-corrected chi connectivity index (χ3v) is 4.26. The Labute approximate surface area is 245 Å². The molecule has 39 heavy (non-hydrogen) atoms. The summed E-state index contributed by atoms with van der Waals surface area (Å²) in [5, 5.41) is 20.2. The van der Waals surface area contributed by atoms with Crippen molar-refractivity contribution in [1.29, 1.82) is 5.26 Å². The predicted octanol–water partition coefficient (Wildman–Crippen LogP) is 3.66. The Balaban J connectivity index is 0. The summed E-state index contributed by atoms with van der Waals surface area (Å²) < 4.78 is 4.54. The highest BCUT2D eigenvalue weighted by Crippen LogP contribution is 2.03. The minimum atomic E-state index is -1.29. The Kier molecular flexibility index (Phi) is 23.7. The topological polar surface area (TPSA) is 182 Å². The molecule has 0 atom stereocenters. The number of nitrogens with zero attached hydrogens (tertiary/aromatic N) is 3. The first-order valence-corrected chi connectivity index (χ1v) is 12.3. The van der Waals surface area contributed by atoms with Gasteiger partial charge in [0.25, 0.3) is 5.91 Å². The zero-order valence-electron chi connectivity index (χ0n) is 20.5. The van der Waals surface area contributed by atoms with Gasteiger partial charge in [0.1, 0.15) is 0 Å². The molecular formula is C24H25Cl4N5O6. The molecular weight excluding hydrogens is 596 g/mol. The molecule has 2 rings (SSSR count). The van der Waals surface area contributed by atoms with E-state index < -0.39 is 33.4 Å². The molecule has 0 radical (unpaired) electrons. The van der Waals surface area contributed by atoms with E-state index in [1.165, 1.54) is 6.92 Å². The Hall–Kier alpha value is -3.65. The van der Waals surface area contributed by atoms with Crippen molar-refractivity contribution in [2.24, 2.45) is 0 Å². The highest BCUT2D eigenvalue weighted by molar-refractivity contribution is 6.53. The number of nitrogens with one attached hydrogen (secondary N) is 2. The van der Waals surface area contributed by atoms with Crippen LogP contribution in [0.3, 0.4) is 0 Å². The lowest BCUT2D eigenvalue weighted by Crippen LogP contribution is -2.29. The van der Waals surface area contributed by atoms with Crippen molar-refractivity contribution >= 4 is 76.4 Å². The lowest BCUT2D eigenvalue weighted by atomic mass is 10.2. The van der Waals surface area contributed by atoms with Crippen molar-refractivity contribution < 1.29 is 33.8 Å². The molecule has 2 aromatic rings. The molecule has 0 fully saturated rings. The van der Waals surface area contributed by atoms with Crippen molar-refractivity contribution in [3.63, 3.8) is 0 Å². The molecule has 11 nitrogen and oxygen atoms in total.